The molecule has 22 heavy (non-hydrogen) atoms. The molecule has 0 aliphatic rings. The molecule has 0 bridgehead atoms. The van der Waals surface area contributed by atoms with Gasteiger partial charge in [-0.1, -0.05) is 12.1 Å². The van der Waals surface area contributed by atoms with Gasteiger partial charge in [0.1, 0.15) is 17.2 Å². The van der Waals surface area contributed by atoms with Crippen molar-refractivity contribution < 1.29 is 19.5 Å². The molecule has 0 spiro atoms. The Hall–Kier alpha value is -2.79. The van der Waals surface area contributed by atoms with E-state index in [1.54, 1.807) is 30.3 Å². The van der Waals surface area contributed by atoms with Gasteiger partial charge < -0.3 is 9.84 Å². The zero-order chi connectivity index (χ0) is 15.9. The first-order chi connectivity index (χ1) is 10.6. The highest BCUT2D eigenvalue weighted by molar-refractivity contribution is 5.90. The Balaban J connectivity index is 2.08. The van der Waals surface area contributed by atoms with E-state index < -0.39 is 0 Å². The van der Waals surface area contributed by atoms with E-state index in [9.17, 15) is 9.90 Å². The highest BCUT2D eigenvalue weighted by atomic mass is 16.7. The molecule has 0 aliphatic carbocycles. The fourth-order valence-corrected chi connectivity index (χ4v) is 1.69. The molecule has 1 amide bonds. The van der Waals surface area contributed by atoms with Crippen molar-refractivity contribution in [2.75, 3.05) is 14.2 Å². The van der Waals surface area contributed by atoms with Gasteiger partial charge in [-0.15, -0.1) is 0 Å². The lowest BCUT2D eigenvalue weighted by atomic mass is 10.2. The number of hydrogen-bond donors (Lipinski definition) is 1. The summed E-state index contributed by atoms with van der Waals surface area (Å²) < 4.78 is 5.68. The van der Waals surface area contributed by atoms with Crippen LogP contribution in [0.5, 0.6) is 17.2 Å². The van der Waals surface area contributed by atoms with Crippen LogP contribution < -0.4 is 4.74 Å². The maximum Gasteiger partial charge on any atom is 0.269 e. The van der Waals surface area contributed by atoms with Gasteiger partial charge in [0.2, 0.25) is 0 Å². The van der Waals surface area contributed by atoms with E-state index in [-0.39, 0.29) is 11.7 Å². The molecule has 2 rings (SSSR count). The van der Waals surface area contributed by atoms with E-state index in [1.165, 1.54) is 20.2 Å². The molecule has 0 saturated heterocycles. The van der Waals surface area contributed by atoms with E-state index in [1.807, 2.05) is 24.3 Å². The molecule has 1 N–H and O–H groups in total. The van der Waals surface area contributed by atoms with Crippen molar-refractivity contribution in [2.45, 2.75) is 0 Å². The molecule has 2 aromatic rings. The quantitative estimate of drug-likeness (QED) is 0.680. The monoisotopic (exact) mass is 299 g/mol. The summed E-state index contributed by atoms with van der Waals surface area (Å²) in [6, 6.07) is 13.8. The summed E-state index contributed by atoms with van der Waals surface area (Å²) in [5.41, 5.74) is 0.828. The second-order valence-corrected chi connectivity index (χ2v) is 4.52. The predicted molar refractivity (Wildman–Crippen MR) is 83.4 cm³/mol. The molecule has 5 nitrogen and oxygen atoms in total. The van der Waals surface area contributed by atoms with Gasteiger partial charge in [-0.2, -0.15) is 0 Å². The summed E-state index contributed by atoms with van der Waals surface area (Å²) in [4.78, 5) is 16.4. The van der Waals surface area contributed by atoms with Crippen molar-refractivity contribution in [1.29, 1.82) is 0 Å². The van der Waals surface area contributed by atoms with Crippen LogP contribution in [0.4, 0.5) is 0 Å². The summed E-state index contributed by atoms with van der Waals surface area (Å²) >= 11 is 0. The number of carbonyl (C=O) groups excluding carboxylic acids is 1. The van der Waals surface area contributed by atoms with Crippen molar-refractivity contribution in [3.05, 3.63) is 60.2 Å². The number of phenols is 1. The number of phenolic OH excluding ortho intramolecular Hbond substituents is 1. The number of ether oxygens (including phenoxy) is 1. The Morgan fingerprint density at radius 3 is 2.55 bits per heavy atom. The molecule has 0 unspecified atom stereocenters. The summed E-state index contributed by atoms with van der Waals surface area (Å²) in [5.74, 6) is 1.19. The lowest BCUT2D eigenvalue weighted by molar-refractivity contribution is -0.162. The van der Waals surface area contributed by atoms with Crippen molar-refractivity contribution >= 4 is 12.0 Å². The van der Waals surface area contributed by atoms with Gasteiger partial charge in [0, 0.05) is 13.1 Å². The number of benzene rings is 2. The third kappa shape index (κ3) is 4.36. The maximum absolute atomic E-state index is 11.6. The minimum Gasteiger partial charge on any atom is -0.508 e. The first-order valence-electron chi connectivity index (χ1n) is 6.65. The summed E-state index contributed by atoms with van der Waals surface area (Å²) in [6.07, 6.45) is 3.10. The molecule has 0 aliphatic heterocycles. The minimum absolute atomic E-state index is 0.185. The fourth-order valence-electron chi connectivity index (χ4n) is 1.69. The Morgan fingerprint density at radius 2 is 1.86 bits per heavy atom. The van der Waals surface area contributed by atoms with E-state index in [2.05, 4.69) is 0 Å². The molecule has 0 fully saturated rings. The molecule has 0 radical (unpaired) electrons. The van der Waals surface area contributed by atoms with Crippen LogP contribution in [-0.2, 0) is 9.63 Å². The van der Waals surface area contributed by atoms with E-state index >= 15 is 0 Å². The van der Waals surface area contributed by atoms with E-state index in [0.29, 0.717) is 11.5 Å². The van der Waals surface area contributed by atoms with Crippen molar-refractivity contribution in [1.82, 2.24) is 5.06 Å². The Labute approximate surface area is 129 Å². The third-order valence-corrected chi connectivity index (χ3v) is 2.93. The molecular formula is C17H17NO4. The molecule has 114 valence electrons. The van der Waals surface area contributed by atoms with Crippen LogP contribution in [0, 0.1) is 0 Å². The Morgan fingerprint density at radius 1 is 1.14 bits per heavy atom. The molecule has 0 atom stereocenters. The first-order valence-corrected chi connectivity index (χ1v) is 6.65. The van der Waals surface area contributed by atoms with Crippen molar-refractivity contribution in [2.24, 2.45) is 0 Å². The lowest BCUT2D eigenvalue weighted by Crippen LogP contribution is -2.22. The van der Waals surface area contributed by atoms with Crippen LogP contribution in [0.1, 0.15) is 5.56 Å². The fraction of sp³-hybridized carbons (Fsp3) is 0.118. The highest BCUT2D eigenvalue weighted by Gasteiger charge is 2.03. The predicted octanol–water partition coefficient (Wildman–Crippen LogP) is 3.22. The number of amides is 1. The zero-order valence-corrected chi connectivity index (χ0v) is 12.4. The number of rotatable bonds is 5. The van der Waals surface area contributed by atoms with Gasteiger partial charge in [-0.25, -0.2) is 5.06 Å². The van der Waals surface area contributed by atoms with Crippen molar-refractivity contribution in [3.63, 3.8) is 0 Å². The zero-order valence-electron chi connectivity index (χ0n) is 12.4. The normalized spacial score (nSPS) is 10.6. The minimum atomic E-state index is -0.257. The van der Waals surface area contributed by atoms with Gasteiger partial charge in [-0.05, 0) is 48.0 Å². The molecule has 2 aromatic carbocycles. The van der Waals surface area contributed by atoms with Crippen molar-refractivity contribution in [3.8, 4) is 17.2 Å². The van der Waals surface area contributed by atoms with E-state index in [0.717, 1.165) is 10.6 Å². The smallest absolute Gasteiger partial charge is 0.269 e. The lowest BCUT2D eigenvalue weighted by Gasteiger charge is -2.10. The number of hydroxylamine groups is 2. The number of nitrogens with zero attached hydrogens (tertiary/aromatic N) is 1. The molecule has 5 heteroatoms. The third-order valence-electron chi connectivity index (χ3n) is 2.93. The topological polar surface area (TPSA) is 59.0 Å². The highest BCUT2D eigenvalue weighted by Crippen LogP contribution is 2.24. The molecular weight excluding hydrogens is 282 g/mol. The number of hydrogen-bond acceptors (Lipinski definition) is 4. The maximum atomic E-state index is 11.6. The summed E-state index contributed by atoms with van der Waals surface area (Å²) in [5, 5.41) is 10.4. The average Bonchev–Trinajstić information content (AvgIpc) is 2.54. The van der Waals surface area contributed by atoms with Gasteiger partial charge in [0.15, 0.2) is 0 Å². The Kier molecular flexibility index (Phi) is 5.16. The molecule has 0 aromatic heterocycles. The van der Waals surface area contributed by atoms with Crippen LogP contribution in [0.2, 0.25) is 0 Å². The Bertz CT molecular complexity index is 665. The van der Waals surface area contributed by atoms with Crippen LogP contribution >= 0.6 is 0 Å². The summed E-state index contributed by atoms with van der Waals surface area (Å²) in [7, 11) is 2.97. The molecule has 0 heterocycles. The van der Waals surface area contributed by atoms with Gasteiger partial charge in [0.25, 0.3) is 5.91 Å². The first kappa shape index (κ1) is 15.6. The molecule has 0 saturated carbocycles. The number of carbonyl (C=O) groups is 1. The standard InChI is InChI=1S/C17H17NO4/c1-18(21-2)17(20)11-6-13-4-3-5-16(12-13)22-15-9-7-14(19)8-10-15/h3-12,19H,1-2H3. The number of likely N-dealkylation sites (N-methyl/N-ethyl adjacent to an activating group) is 1. The summed E-state index contributed by atoms with van der Waals surface area (Å²) in [6.45, 7) is 0. The van der Waals surface area contributed by atoms with E-state index in [4.69, 9.17) is 9.57 Å². The van der Waals surface area contributed by atoms with Crippen LogP contribution in [0.15, 0.2) is 54.6 Å². The van der Waals surface area contributed by atoms with Crippen LogP contribution in [0.3, 0.4) is 0 Å². The van der Waals surface area contributed by atoms with Gasteiger partial charge in [-0.3, -0.25) is 9.63 Å². The van der Waals surface area contributed by atoms with Crippen LogP contribution in [0.25, 0.3) is 6.08 Å². The average molecular weight is 299 g/mol. The van der Waals surface area contributed by atoms with Gasteiger partial charge in [0.05, 0.1) is 7.11 Å². The van der Waals surface area contributed by atoms with Gasteiger partial charge >= 0.3 is 0 Å². The number of aromatic hydroxyl groups is 1. The largest absolute Gasteiger partial charge is 0.508 e. The second-order valence-electron chi connectivity index (χ2n) is 4.52. The van der Waals surface area contributed by atoms with Crippen LogP contribution in [-0.4, -0.2) is 30.2 Å². The SMILES string of the molecule is CON(C)C(=O)C=Cc1cccc(Oc2ccc(O)cc2)c1. The second kappa shape index (κ2) is 7.28.